The van der Waals surface area contributed by atoms with Gasteiger partial charge in [-0.05, 0) is 48.2 Å². The molecule has 6 rings (SSSR count). The number of carbonyl (C=O) groups is 2. The molecule has 2 aromatic carbocycles. The van der Waals surface area contributed by atoms with Gasteiger partial charge in [0.2, 0.25) is 5.91 Å². The van der Waals surface area contributed by atoms with Crippen LogP contribution in [-0.4, -0.2) is 45.7 Å². The lowest BCUT2D eigenvalue weighted by atomic mass is 9.91. The Kier molecular flexibility index (Phi) is 5.41. The van der Waals surface area contributed by atoms with Gasteiger partial charge < -0.3 is 14.2 Å². The molecule has 4 heterocycles. The molecule has 2 aliphatic heterocycles. The summed E-state index contributed by atoms with van der Waals surface area (Å²) in [5, 5.41) is 1.09. The van der Waals surface area contributed by atoms with E-state index in [1.54, 1.807) is 28.4 Å². The number of likely N-dealkylation sites (tertiary alicyclic amines) is 1. The third kappa shape index (κ3) is 3.80. The number of carbonyl (C=O) groups excluding carboxylic acids is 2. The molecule has 7 heteroatoms. The van der Waals surface area contributed by atoms with Crippen LogP contribution in [0.4, 0.5) is 0 Å². The second kappa shape index (κ2) is 8.72. The van der Waals surface area contributed by atoms with Gasteiger partial charge in [-0.15, -0.1) is 11.3 Å². The van der Waals surface area contributed by atoms with Gasteiger partial charge in [-0.25, -0.2) is 4.98 Å². The highest BCUT2D eigenvalue weighted by molar-refractivity contribution is 7.18. The van der Waals surface area contributed by atoms with Crippen molar-refractivity contribution in [1.82, 2.24) is 14.8 Å². The first-order chi connectivity index (χ1) is 16.7. The summed E-state index contributed by atoms with van der Waals surface area (Å²) in [5.41, 5.74) is 3.23. The highest BCUT2D eigenvalue weighted by atomic mass is 32.1. The zero-order valence-electron chi connectivity index (χ0n) is 18.7. The molecule has 2 atom stereocenters. The van der Waals surface area contributed by atoms with Gasteiger partial charge in [-0.1, -0.05) is 36.4 Å². The number of amides is 2. The summed E-state index contributed by atoms with van der Waals surface area (Å²) in [5.74, 6) is 0.265. The largest absolute Gasteiger partial charge is 0.459 e. The standard InChI is InChI=1S/C27H25N3O3S/c31-26(29-13-5-9-20(16-29)25-28-21-10-3-4-12-24(21)34-25)22-15-18-7-1-2-8-19(18)17-30(22)27(32)23-11-6-14-33-23/h1-4,6-8,10-12,14,20,22H,5,9,13,15-17H2/t20-,22+/m0/s1. The molecule has 0 radical (unpaired) electrons. The van der Waals surface area contributed by atoms with Crippen LogP contribution in [0.3, 0.4) is 0 Å². The summed E-state index contributed by atoms with van der Waals surface area (Å²) in [6.45, 7) is 1.75. The lowest BCUT2D eigenvalue weighted by molar-refractivity contribution is -0.138. The molecule has 4 aromatic rings. The van der Waals surface area contributed by atoms with Crippen LogP contribution >= 0.6 is 11.3 Å². The topological polar surface area (TPSA) is 66.7 Å². The Bertz CT molecular complexity index is 1310. The minimum atomic E-state index is -0.540. The van der Waals surface area contributed by atoms with E-state index in [1.807, 2.05) is 41.3 Å². The fourth-order valence-electron chi connectivity index (χ4n) is 5.15. The van der Waals surface area contributed by atoms with Crippen LogP contribution in [0.15, 0.2) is 71.3 Å². The quantitative estimate of drug-likeness (QED) is 0.428. The fourth-order valence-corrected chi connectivity index (χ4v) is 6.25. The first-order valence-corrected chi connectivity index (χ1v) is 12.5. The summed E-state index contributed by atoms with van der Waals surface area (Å²) in [6, 6.07) is 19.1. The predicted octanol–water partition coefficient (Wildman–Crippen LogP) is 4.86. The van der Waals surface area contributed by atoms with Crippen molar-refractivity contribution in [2.24, 2.45) is 0 Å². The van der Waals surface area contributed by atoms with E-state index < -0.39 is 6.04 Å². The molecule has 2 amide bonds. The number of rotatable bonds is 3. The molecule has 0 spiro atoms. The molecular formula is C27H25N3O3S. The Balaban J connectivity index is 1.27. The van der Waals surface area contributed by atoms with Gasteiger partial charge in [0.15, 0.2) is 5.76 Å². The van der Waals surface area contributed by atoms with Gasteiger partial charge in [0.05, 0.1) is 21.5 Å². The number of aromatic nitrogens is 1. The highest BCUT2D eigenvalue weighted by Crippen LogP contribution is 2.34. The summed E-state index contributed by atoms with van der Waals surface area (Å²) in [4.78, 5) is 35.7. The maximum atomic E-state index is 13.9. The van der Waals surface area contributed by atoms with E-state index >= 15 is 0 Å². The predicted molar refractivity (Wildman–Crippen MR) is 131 cm³/mol. The summed E-state index contributed by atoms with van der Waals surface area (Å²) >= 11 is 1.72. The van der Waals surface area contributed by atoms with Gasteiger partial charge in [0, 0.05) is 32.0 Å². The molecule has 0 aliphatic carbocycles. The van der Waals surface area contributed by atoms with Crippen LogP contribution in [0.25, 0.3) is 10.2 Å². The maximum absolute atomic E-state index is 13.9. The number of fused-ring (bicyclic) bond motifs is 2. The number of hydrogen-bond donors (Lipinski definition) is 0. The van der Waals surface area contributed by atoms with Gasteiger partial charge in [0.1, 0.15) is 6.04 Å². The lowest BCUT2D eigenvalue weighted by Gasteiger charge is -2.40. The number of thiazole rings is 1. The van der Waals surface area contributed by atoms with Crippen molar-refractivity contribution in [3.8, 4) is 0 Å². The Labute approximate surface area is 201 Å². The smallest absolute Gasteiger partial charge is 0.290 e. The lowest BCUT2D eigenvalue weighted by Crippen LogP contribution is -2.55. The van der Waals surface area contributed by atoms with Crippen molar-refractivity contribution in [1.29, 1.82) is 0 Å². The van der Waals surface area contributed by atoms with E-state index in [2.05, 4.69) is 12.1 Å². The molecule has 0 bridgehead atoms. The van der Waals surface area contributed by atoms with E-state index in [1.165, 1.54) is 11.0 Å². The average Bonchev–Trinajstić information content (AvgIpc) is 3.57. The molecular weight excluding hydrogens is 446 g/mol. The van der Waals surface area contributed by atoms with E-state index in [9.17, 15) is 9.59 Å². The Morgan fingerprint density at radius 1 is 1.00 bits per heavy atom. The van der Waals surface area contributed by atoms with Crippen LogP contribution in [0.1, 0.15) is 45.4 Å². The van der Waals surface area contributed by atoms with Crippen molar-refractivity contribution in [3.05, 3.63) is 88.8 Å². The van der Waals surface area contributed by atoms with Crippen LogP contribution < -0.4 is 0 Å². The SMILES string of the molecule is O=C([C@H]1Cc2ccccc2CN1C(=O)c1ccco1)N1CCC[C@H](c2nc3ccccc3s2)C1. The van der Waals surface area contributed by atoms with Crippen molar-refractivity contribution >= 4 is 33.4 Å². The van der Waals surface area contributed by atoms with E-state index in [-0.39, 0.29) is 23.5 Å². The maximum Gasteiger partial charge on any atom is 0.290 e. The molecule has 34 heavy (non-hydrogen) atoms. The minimum absolute atomic E-state index is 0.0141. The molecule has 6 nitrogen and oxygen atoms in total. The monoisotopic (exact) mass is 471 g/mol. The van der Waals surface area contributed by atoms with Crippen LogP contribution in [0.5, 0.6) is 0 Å². The van der Waals surface area contributed by atoms with Crippen LogP contribution in [-0.2, 0) is 17.8 Å². The number of benzene rings is 2. The van der Waals surface area contributed by atoms with Crippen molar-refractivity contribution < 1.29 is 14.0 Å². The van der Waals surface area contributed by atoms with E-state index in [0.29, 0.717) is 26.1 Å². The Hall–Kier alpha value is -3.45. The molecule has 2 aromatic heterocycles. The molecule has 2 aliphatic rings. The van der Waals surface area contributed by atoms with Gasteiger partial charge in [0.25, 0.3) is 5.91 Å². The highest BCUT2D eigenvalue weighted by Gasteiger charge is 2.39. The third-order valence-corrected chi connectivity index (χ3v) is 8.12. The second-order valence-electron chi connectivity index (χ2n) is 9.04. The third-order valence-electron chi connectivity index (χ3n) is 6.92. The van der Waals surface area contributed by atoms with E-state index in [0.717, 1.165) is 34.5 Å². The summed E-state index contributed by atoms with van der Waals surface area (Å²) in [6.07, 6.45) is 3.97. The number of piperidine rings is 1. The summed E-state index contributed by atoms with van der Waals surface area (Å²) < 4.78 is 6.57. The number of hydrogen-bond acceptors (Lipinski definition) is 5. The normalized spacial score (nSPS) is 20.4. The first-order valence-electron chi connectivity index (χ1n) is 11.7. The number of furan rings is 1. The van der Waals surface area contributed by atoms with Crippen molar-refractivity contribution in [2.75, 3.05) is 13.1 Å². The van der Waals surface area contributed by atoms with Crippen molar-refractivity contribution in [3.63, 3.8) is 0 Å². The Morgan fingerprint density at radius 2 is 1.82 bits per heavy atom. The zero-order valence-corrected chi connectivity index (χ0v) is 19.5. The fraction of sp³-hybridized carbons (Fsp3) is 0.296. The van der Waals surface area contributed by atoms with Crippen molar-refractivity contribution in [2.45, 2.75) is 37.8 Å². The molecule has 0 unspecified atom stereocenters. The van der Waals surface area contributed by atoms with Crippen LogP contribution in [0, 0.1) is 0 Å². The average molecular weight is 472 g/mol. The van der Waals surface area contributed by atoms with Crippen LogP contribution in [0.2, 0.25) is 0 Å². The Morgan fingerprint density at radius 3 is 2.65 bits per heavy atom. The summed E-state index contributed by atoms with van der Waals surface area (Å²) in [7, 11) is 0. The first kappa shape index (κ1) is 21.1. The molecule has 0 N–H and O–H groups in total. The minimum Gasteiger partial charge on any atom is -0.459 e. The number of para-hydroxylation sites is 1. The van der Waals surface area contributed by atoms with Gasteiger partial charge in [-0.2, -0.15) is 0 Å². The van der Waals surface area contributed by atoms with Gasteiger partial charge in [-0.3, -0.25) is 9.59 Å². The molecule has 0 saturated carbocycles. The number of nitrogens with zero attached hydrogens (tertiary/aromatic N) is 3. The van der Waals surface area contributed by atoms with Gasteiger partial charge >= 0.3 is 0 Å². The molecule has 1 fully saturated rings. The zero-order chi connectivity index (χ0) is 23.1. The van der Waals surface area contributed by atoms with E-state index in [4.69, 9.17) is 9.40 Å². The second-order valence-corrected chi connectivity index (χ2v) is 10.1. The molecule has 1 saturated heterocycles. The molecule has 172 valence electrons.